The monoisotopic (exact) mass is 337 g/mol. The Morgan fingerprint density at radius 2 is 2.08 bits per heavy atom. The van der Waals surface area contributed by atoms with Crippen LogP contribution in [0.4, 0.5) is 10.5 Å². The number of amides is 2. The number of nitrogens with one attached hydrogen (secondary N) is 2. The number of nitrogens with zero attached hydrogens (tertiary/aromatic N) is 5. The summed E-state index contributed by atoms with van der Waals surface area (Å²) in [4.78, 5) is 12.1. The van der Waals surface area contributed by atoms with Gasteiger partial charge in [0.1, 0.15) is 5.82 Å². The third kappa shape index (κ3) is 3.52. The van der Waals surface area contributed by atoms with E-state index in [0.717, 1.165) is 42.3 Å². The third-order valence-electron chi connectivity index (χ3n) is 4.21. The van der Waals surface area contributed by atoms with Gasteiger partial charge in [0, 0.05) is 31.0 Å². The summed E-state index contributed by atoms with van der Waals surface area (Å²) in [5.74, 6) is 1.81. The topological polar surface area (TPSA) is 89.7 Å². The fourth-order valence-electron chi connectivity index (χ4n) is 2.95. The molecule has 0 unspecified atom stereocenters. The van der Waals surface area contributed by atoms with Crippen molar-refractivity contribution in [3.63, 3.8) is 0 Å². The highest BCUT2D eigenvalue weighted by atomic mass is 16.2. The van der Waals surface area contributed by atoms with Crippen molar-refractivity contribution in [2.24, 2.45) is 0 Å². The average molecular weight is 337 g/mol. The van der Waals surface area contributed by atoms with Gasteiger partial charge in [0.05, 0.1) is 13.1 Å². The first-order chi connectivity index (χ1) is 12.3. The molecular weight excluding hydrogens is 318 g/mol. The number of aryl methyl sites for hydroxylation is 1. The lowest BCUT2D eigenvalue weighted by atomic mass is 10.2. The molecule has 0 saturated carbocycles. The van der Waals surface area contributed by atoms with Crippen molar-refractivity contribution >= 4 is 11.7 Å². The molecule has 2 aromatic heterocycles. The van der Waals surface area contributed by atoms with Crippen molar-refractivity contribution in [2.75, 3.05) is 5.32 Å². The Balaban J connectivity index is 1.30. The molecular formula is C17H19N7O. The smallest absolute Gasteiger partial charge is 0.319 e. The van der Waals surface area contributed by atoms with Gasteiger partial charge in [0.2, 0.25) is 0 Å². The number of carbonyl (C=O) groups is 1. The largest absolute Gasteiger partial charge is 0.331 e. The van der Waals surface area contributed by atoms with Crippen LogP contribution in [-0.4, -0.2) is 30.6 Å². The summed E-state index contributed by atoms with van der Waals surface area (Å²) in [5, 5.41) is 18.1. The third-order valence-corrected chi connectivity index (χ3v) is 4.21. The van der Waals surface area contributed by atoms with E-state index in [4.69, 9.17) is 0 Å². The van der Waals surface area contributed by atoms with E-state index in [1.54, 1.807) is 6.20 Å². The van der Waals surface area contributed by atoms with Gasteiger partial charge in [-0.3, -0.25) is 4.68 Å². The molecule has 1 aromatic carbocycles. The van der Waals surface area contributed by atoms with Crippen LogP contribution >= 0.6 is 0 Å². The normalized spacial score (nSPS) is 12.8. The molecule has 25 heavy (non-hydrogen) atoms. The average Bonchev–Trinajstić information content (AvgIpc) is 3.33. The maximum absolute atomic E-state index is 12.1. The second-order valence-electron chi connectivity index (χ2n) is 6.00. The molecule has 8 heteroatoms. The van der Waals surface area contributed by atoms with Gasteiger partial charge in [-0.15, -0.1) is 10.2 Å². The van der Waals surface area contributed by atoms with Crippen LogP contribution in [0.25, 0.3) is 0 Å². The van der Waals surface area contributed by atoms with Crippen molar-refractivity contribution in [3.8, 4) is 0 Å². The van der Waals surface area contributed by atoms with Crippen LogP contribution in [0.1, 0.15) is 23.6 Å². The molecule has 2 amide bonds. The van der Waals surface area contributed by atoms with Crippen LogP contribution < -0.4 is 10.6 Å². The number of carbonyl (C=O) groups excluding carboxylic acids is 1. The fraction of sp³-hybridized carbons (Fsp3) is 0.294. The number of hydrogen-bond acceptors (Lipinski definition) is 4. The Hall–Kier alpha value is -3.16. The summed E-state index contributed by atoms with van der Waals surface area (Å²) in [6, 6.07) is 9.35. The molecule has 0 spiro atoms. The van der Waals surface area contributed by atoms with Gasteiger partial charge in [-0.2, -0.15) is 5.10 Å². The number of anilines is 1. The van der Waals surface area contributed by atoms with Crippen molar-refractivity contribution in [1.82, 2.24) is 29.9 Å². The standard InChI is InChI=1S/C17H19N7O/c25-17(18-11-16-22-21-15-3-1-10-24(15)16)20-14-6-4-13(5-7-14)12-23-9-2-8-19-23/h2,4-9H,1,3,10-12H2,(H2,18,20,25). The predicted molar refractivity (Wildman–Crippen MR) is 92.0 cm³/mol. The molecule has 3 heterocycles. The molecule has 0 bridgehead atoms. The number of rotatable bonds is 5. The minimum Gasteiger partial charge on any atom is -0.331 e. The van der Waals surface area contributed by atoms with Crippen LogP contribution in [0.3, 0.4) is 0 Å². The lowest BCUT2D eigenvalue weighted by Crippen LogP contribution is -2.29. The molecule has 1 aliphatic rings. The first-order valence-corrected chi connectivity index (χ1v) is 8.30. The molecule has 1 aliphatic heterocycles. The molecule has 128 valence electrons. The second-order valence-corrected chi connectivity index (χ2v) is 6.00. The Morgan fingerprint density at radius 3 is 2.88 bits per heavy atom. The quantitative estimate of drug-likeness (QED) is 0.743. The van der Waals surface area contributed by atoms with E-state index < -0.39 is 0 Å². The molecule has 2 N–H and O–H groups in total. The van der Waals surface area contributed by atoms with E-state index in [0.29, 0.717) is 13.1 Å². The number of fused-ring (bicyclic) bond motifs is 1. The van der Waals surface area contributed by atoms with Crippen molar-refractivity contribution in [3.05, 3.63) is 59.9 Å². The first kappa shape index (κ1) is 15.4. The molecule has 0 aliphatic carbocycles. The van der Waals surface area contributed by atoms with E-state index in [1.165, 1.54) is 0 Å². The first-order valence-electron chi connectivity index (χ1n) is 8.30. The van der Waals surface area contributed by atoms with Crippen LogP contribution in [0.15, 0.2) is 42.7 Å². The molecule has 3 aromatic rings. The van der Waals surface area contributed by atoms with Crippen molar-refractivity contribution in [1.29, 1.82) is 0 Å². The zero-order valence-corrected chi connectivity index (χ0v) is 13.7. The zero-order valence-electron chi connectivity index (χ0n) is 13.7. The summed E-state index contributed by atoms with van der Waals surface area (Å²) in [6.45, 7) is 2.01. The Morgan fingerprint density at radius 1 is 1.20 bits per heavy atom. The summed E-state index contributed by atoms with van der Waals surface area (Å²) in [6.07, 6.45) is 5.73. The van der Waals surface area contributed by atoms with Gasteiger partial charge in [-0.1, -0.05) is 12.1 Å². The van der Waals surface area contributed by atoms with E-state index >= 15 is 0 Å². The van der Waals surface area contributed by atoms with E-state index in [-0.39, 0.29) is 6.03 Å². The van der Waals surface area contributed by atoms with Gasteiger partial charge < -0.3 is 15.2 Å². The van der Waals surface area contributed by atoms with Crippen molar-refractivity contribution < 1.29 is 4.79 Å². The fourth-order valence-corrected chi connectivity index (χ4v) is 2.95. The minimum absolute atomic E-state index is 0.254. The highest BCUT2D eigenvalue weighted by molar-refractivity contribution is 5.89. The number of hydrogen-bond donors (Lipinski definition) is 2. The van der Waals surface area contributed by atoms with E-state index in [9.17, 15) is 4.79 Å². The molecule has 0 atom stereocenters. The number of aromatic nitrogens is 5. The van der Waals surface area contributed by atoms with Gasteiger partial charge >= 0.3 is 6.03 Å². The Labute approximate surface area is 144 Å². The lowest BCUT2D eigenvalue weighted by molar-refractivity contribution is 0.251. The predicted octanol–water partition coefficient (Wildman–Crippen LogP) is 1.79. The summed E-state index contributed by atoms with van der Waals surface area (Å²) >= 11 is 0. The molecule has 8 nitrogen and oxygen atoms in total. The SMILES string of the molecule is O=C(NCc1nnc2n1CCC2)Nc1ccc(Cn2cccn2)cc1. The van der Waals surface area contributed by atoms with Crippen LogP contribution in [-0.2, 0) is 26.1 Å². The lowest BCUT2D eigenvalue weighted by Gasteiger charge is -2.09. The summed E-state index contributed by atoms with van der Waals surface area (Å²) in [5.41, 5.74) is 1.86. The maximum Gasteiger partial charge on any atom is 0.319 e. The highest BCUT2D eigenvalue weighted by Gasteiger charge is 2.17. The van der Waals surface area contributed by atoms with E-state index in [1.807, 2.05) is 41.2 Å². The molecule has 4 rings (SSSR count). The highest BCUT2D eigenvalue weighted by Crippen LogP contribution is 2.14. The number of benzene rings is 1. The van der Waals surface area contributed by atoms with Crippen LogP contribution in [0.5, 0.6) is 0 Å². The molecule has 0 saturated heterocycles. The summed E-state index contributed by atoms with van der Waals surface area (Å²) in [7, 11) is 0. The van der Waals surface area contributed by atoms with E-state index in [2.05, 4.69) is 30.5 Å². The molecule has 0 fully saturated rings. The zero-order chi connectivity index (χ0) is 17.1. The summed E-state index contributed by atoms with van der Waals surface area (Å²) < 4.78 is 3.93. The maximum atomic E-state index is 12.1. The minimum atomic E-state index is -0.254. The number of urea groups is 1. The van der Waals surface area contributed by atoms with Gasteiger partial charge in [-0.25, -0.2) is 4.79 Å². The second kappa shape index (κ2) is 6.76. The van der Waals surface area contributed by atoms with Crippen molar-refractivity contribution in [2.45, 2.75) is 32.5 Å². The van der Waals surface area contributed by atoms with Gasteiger partial charge in [0.15, 0.2) is 5.82 Å². The molecule has 0 radical (unpaired) electrons. The van der Waals surface area contributed by atoms with Crippen LogP contribution in [0, 0.1) is 0 Å². The van der Waals surface area contributed by atoms with Crippen LogP contribution in [0.2, 0.25) is 0 Å². The van der Waals surface area contributed by atoms with Gasteiger partial charge in [-0.05, 0) is 30.2 Å². The Kier molecular flexibility index (Phi) is 4.16. The van der Waals surface area contributed by atoms with Gasteiger partial charge in [0.25, 0.3) is 0 Å². The Bertz CT molecular complexity index is 852.